The number of carbonyl (C=O) groups is 1. The SMILES string of the molecule is CCOC(=O)c1c[nH]nc1NS(=O)(=O)c1ccc(Cl)s1. The molecular weight excluding hydrogens is 326 g/mol. The van der Waals surface area contributed by atoms with Gasteiger partial charge in [-0.25, -0.2) is 13.2 Å². The Kier molecular flexibility index (Phi) is 4.31. The second kappa shape index (κ2) is 5.81. The van der Waals surface area contributed by atoms with Crippen molar-refractivity contribution in [1.29, 1.82) is 0 Å². The van der Waals surface area contributed by atoms with Gasteiger partial charge >= 0.3 is 5.97 Å². The van der Waals surface area contributed by atoms with Crippen LogP contribution in [0.2, 0.25) is 4.34 Å². The molecule has 0 saturated carbocycles. The standard InChI is InChI=1S/C10H10ClN3O4S2/c1-2-18-10(15)6-5-12-13-9(6)14-20(16,17)8-4-3-7(11)19-8/h3-5H,2H2,1H3,(H2,12,13,14). The maximum atomic E-state index is 12.1. The normalized spacial score (nSPS) is 11.3. The van der Waals surface area contributed by atoms with E-state index in [2.05, 4.69) is 14.9 Å². The van der Waals surface area contributed by atoms with E-state index in [-0.39, 0.29) is 22.2 Å². The number of ether oxygens (including phenoxy) is 1. The Morgan fingerprint density at radius 1 is 1.55 bits per heavy atom. The number of rotatable bonds is 5. The topological polar surface area (TPSA) is 101 Å². The van der Waals surface area contributed by atoms with Crippen molar-refractivity contribution >= 4 is 44.7 Å². The molecule has 2 aromatic heterocycles. The highest BCUT2D eigenvalue weighted by molar-refractivity contribution is 7.94. The Hall–Kier alpha value is -1.58. The van der Waals surface area contributed by atoms with E-state index in [0.29, 0.717) is 4.34 Å². The summed E-state index contributed by atoms with van der Waals surface area (Å²) in [7, 11) is -3.84. The highest BCUT2D eigenvalue weighted by atomic mass is 35.5. The van der Waals surface area contributed by atoms with Crippen LogP contribution in [0.15, 0.2) is 22.5 Å². The fourth-order valence-corrected chi connectivity index (χ4v) is 3.86. The lowest BCUT2D eigenvalue weighted by Crippen LogP contribution is -2.15. The van der Waals surface area contributed by atoms with Crippen LogP contribution in [0.3, 0.4) is 0 Å². The zero-order valence-electron chi connectivity index (χ0n) is 10.2. The van der Waals surface area contributed by atoms with Gasteiger partial charge in [-0.05, 0) is 19.1 Å². The number of aromatic amines is 1. The van der Waals surface area contributed by atoms with Gasteiger partial charge in [0.25, 0.3) is 10.0 Å². The van der Waals surface area contributed by atoms with Crippen LogP contribution in [0.4, 0.5) is 5.82 Å². The van der Waals surface area contributed by atoms with Crippen molar-refractivity contribution in [2.24, 2.45) is 0 Å². The lowest BCUT2D eigenvalue weighted by Gasteiger charge is -2.05. The summed E-state index contributed by atoms with van der Waals surface area (Å²) in [6.07, 6.45) is 1.26. The zero-order chi connectivity index (χ0) is 14.8. The first kappa shape index (κ1) is 14.8. The molecule has 0 bridgehead atoms. The number of hydrogen-bond donors (Lipinski definition) is 2. The molecule has 10 heteroatoms. The highest BCUT2D eigenvalue weighted by Crippen LogP contribution is 2.27. The van der Waals surface area contributed by atoms with Crippen molar-refractivity contribution in [3.8, 4) is 0 Å². The highest BCUT2D eigenvalue weighted by Gasteiger charge is 2.22. The summed E-state index contributed by atoms with van der Waals surface area (Å²) in [6, 6.07) is 2.84. The quantitative estimate of drug-likeness (QED) is 0.815. The number of nitrogens with one attached hydrogen (secondary N) is 2. The van der Waals surface area contributed by atoms with E-state index in [1.165, 1.54) is 18.3 Å². The molecule has 0 aliphatic heterocycles. The minimum atomic E-state index is -3.84. The molecule has 0 aromatic carbocycles. The number of thiophene rings is 1. The van der Waals surface area contributed by atoms with Crippen LogP contribution in [0.5, 0.6) is 0 Å². The number of halogens is 1. The number of carbonyl (C=O) groups excluding carboxylic acids is 1. The van der Waals surface area contributed by atoms with Crippen LogP contribution < -0.4 is 4.72 Å². The van der Waals surface area contributed by atoms with Gasteiger partial charge in [-0.15, -0.1) is 11.3 Å². The van der Waals surface area contributed by atoms with Crippen LogP contribution in [-0.4, -0.2) is 31.2 Å². The number of esters is 1. The first-order valence-electron chi connectivity index (χ1n) is 5.43. The molecule has 0 aliphatic carbocycles. The largest absolute Gasteiger partial charge is 0.462 e. The Labute approximate surface area is 124 Å². The molecule has 7 nitrogen and oxygen atoms in total. The molecular formula is C10H10ClN3O4S2. The van der Waals surface area contributed by atoms with E-state index in [1.807, 2.05) is 0 Å². The maximum Gasteiger partial charge on any atom is 0.343 e. The molecule has 2 heterocycles. The van der Waals surface area contributed by atoms with Crippen LogP contribution in [0.25, 0.3) is 0 Å². The first-order valence-corrected chi connectivity index (χ1v) is 8.11. The van der Waals surface area contributed by atoms with Crippen molar-refractivity contribution < 1.29 is 17.9 Å². The van der Waals surface area contributed by atoms with Crippen molar-refractivity contribution in [3.63, 3.8) is 0 Å². The Balaban J connectivity index is 2.27. The minimum Gasteiger partial charge on any atom is -0.462 e. The molecule has 2 rings (SSSR count). The zero-order valence-corrected chi connectivity index (χ0v) is 12.6. The van der Waals surface area contributed by atoms with Crippen LogP contribution in [0, 0.1) is 0 Å². The molecule has 0 atom stereocenters. The molecule has 0 unspecified atom stereocenters. The Morgan fingerprint density at radius 3 is 2.90 bits per heavy atom. The van der Waals surface area contributed by atoms with Gasteiger partial charge in [0, 0.05) is 6.20 Å². The number of H-pyrrole nitrogens is 1. The molecule has 108 valence electrons. The number of anilines is 1. The monoisotopic (exact) mass is 335 g/mol. The van der Waals surface area contributed by atoms with Crippen molar-refractivity contribution in [3.05, 3.63) is 28.2 Å². The van der Waals surface area contributed by atoms with Gasteiger partial charge < -0.3 is 4.74 Å². The Bertz CT molecular complexity index is 722. The van der Waals surface area contributed by atoms with E-state index < -0.39 is 16.0 Å². The number of nitrogens with zero attached hydrogens (tertiary/aromatic N) is 1. The molecule has 2 N–H and O–H groups in total. The predicted molar refractivity (Wildman–Crippen MR) is 74.7 cm³/mol. The minimum absolute atomic E-state index is 0.0121. The molecule has 2 aromatic rings. The molecule has 0 spiro atoms. The van der Waals surface area contributed by atoms with Crippen LogP contribution in [-0.2, 0) is 14.8 Å². The second-order valence-corrected chi connectivity index (χ2v) is 7.16. The van der Waals surface area contributed by atoms with E-state index >= 15 is 0 Å². The van der Waals surface area contributed by atoms with Crippen LogP contribution in [0.1, 0.15) is 17.3 Å². The van der Waals surface area contributed by atoms with Crippen LogP contribution >= 0.6 is 22.9 Å². The summed E-state index contributed by atoms with van der Waals surface area (Å²) in [5.74, 6) is -0.781. The van der Waals surface area contributed by atoms with Gasteiger partial charge in [0.2, 0.25) is 0 Å². The van der Waals surface area contributed by atoms with Gasteiger partial charge in [0.15, 0.2) is 5.82 Å². The van der Waals surface area contributed by atoms with Gasteiger partial charge in [0.05, 0.1) is 10.9 Å². The summed E-state index contributed by atoms with van der Waals surface area (Å²) in [6.45, 7) is 1.83. The third-order valence-corrected chi connectivity index (χ3v) is 5.24. The first-order chi connectivity index (χ1) is 9.44. The molecule has 0 saturated heterocycles. The fourth-order valence-electron chi connectivity index (χ4n) is 1.35. The van der Waals surface area contributed by atoms with Crippen molar-refractivity contribution in [1.82, 2.24) is 10.2 Å². The summed E-state index contributed by atoms with van der Waals surface area (Å²) in [5.41, 5.74) is 0.0121. The fraction of sp³-hybridized carbons (Fsp3) is 0.200. The van der Waals surface area contributed by atoms with E-state index in [9.17, 15) is 13.2 Å². The van der Waals surface area contributed by atoms with Gasteiger partial charge in [0.1, 0.15) is 9.77 Å². The van der Waals surface area contributed by atoms with Crippen molar-refractivity contribution in [2.45, 2.75) is 11.1 Å². The third kappa shape index (κ3) is 3.11. The lowest BCUT2D eigenvalue weighted by molar-refractivity contribution is 0.0527. The maximum absolute atomic E-state index is 12.1. The van der Waals surface area contributed by atoms with Gasteiger partial charge in [-0.2, -0.15) is 5.10 Å². The Morgan fingerprint density at radius 2 is 2.30 bits per heavy atom. The van der Waals surface area contributed by atoms with Gasteiger partial charge in [-0.3, -0.25) is 9.82 Å². The average molecular weight is 336 g/mol. The number of aromatic nitrogens is 2. The van der Waals surface area contributed by atoms with Crippen molar-refractivity contribution in [2.75, 3.05) is 11.3 Å². The smallest absolute Gasteiger partial charge is 0.343 e. The summed E-state index contributed by atoms with van der Waals surface area (Å²) in [5, 5.41) is 6.11. The molecule has 0 amide bonds. The van der Waals surface area contributed by atoms with E-state index in [4.69, 9.17) is 16.3 Å². The van der Waals surface area contributed by atoms with E-state index in [1.54, 1.807) is 6.92 Å². The third-order valence-electron chi connectivity index (χ3n) is 2.18. The molecule has 0 fully saturated rings. The molecule has 0 aliphatic rings. The molecule has 20 heavy (non-hydrogen) atoms. The summed E-state index contributed by atoms with van der Waals surface area (Å²) >= 11 is 6.60. The lowest BCUT2D eigenvalue weighted by atomic mass is 10.3. The van der Waals surface area contributed by atoms with Gasteiger partial charge in [-0.1, -0.05) is 11.6 Å². The number of sulfonamides is 1. The average Bonchev–Trinajstić information content (AvgIpc) is 2.98. The predicted octanol–water partition coefficient (Wildman–Crippen LogP) is 2.10. The molecule has 0 radical (unpaired) electrons. The second-order valence-electron chi connectivity index (χ2n) is 3.53. The summed E-state index contributed by atoms with van der Waals surface area (Å²) < 4.78 is 31.5. The van der Waals surface area contributed by atoms with E-state index in [0.717, 1.165) is 11.3 Å². The summed E-state index contributed by atoms with van der Waals surface area (Å²) in [4.78, 5) is 11.6. The number of hydrogen-bond acceptors (Lipinski definition) is 6.